The highest BCUT2D eigenvalue weighted by Crippen LogP contribution is 2.30. The number of benzene rings is 2. The number of fused-ring (bicyclic) bond motifs is 1. The molecule has 0 saturated heterocycles. The fourth-order valence-electron chi connectivity index (χ4n) is 3.36. The summed E-state index contributed by atoms with van der Waals surface area (Å²) in [7, 11) is 1.89. The van der Waals surface area contributed by atoms with E-state index in [1.807, 2.05) is 11.9 Å². The zero-order valence-corrected chi connectivity index (χ0v) is 17.7. The molecule has 0 spiro atoms. The van der Waals surface area contributed by atoms with E-state index in [2.05, 4.69) is 11.9 Å². The Morgan fingerprint density at radius 1 is 1.16 bits per heavy atom. The highest BCUT2D eigenvalue weighted by molar-refractivity contribution is 6.30. The van der Waals surface area contributed by atoms with Crippen LogP contribution in [0.5, 0.6) is 17.4 Å². The Kier molecular flexibility index (Phi) is 5.82. The first-order chi connectivity index (χ1) is 14.8. The van der Waals surface area contributed by atoms with Crippen LogP contribution in [-0.4, -0.2) is 22.6 Å². The predicted molar refractivity (Wildman–Crippen MR) is 113 cm³/mol. The van der Waals surface area contributed by atoms with Gasteiger partial charge >= 0.3 is 5.69 Å². The molecule has 2 aromatic carbocycles. The summed E-state index contributed by atoms with van der Waals surface area (Å²) in [5, 5.41) is 0.483. The molecular formula is C22H20ClF2N3O3. The normalized spacial score (nSPS) is 15.5. The molecule has 0 aliphatic carbocycles. The zero-order chi connectivity index (χ0) is 22.1. The van der Waals surface area contributed by atoms with E-state index in [1.54, 1.807) is 22.8 Å². The lowest BCUT2D eigenvalue weighted by atomic mass is 10.1. The van der Waals surface area contributed by atoms with Gasteiger partial charge in [0.1, 0.15) is 18.2 Å². The molecule has 0 fully saturated rings. The van der Waals surface area contributed by atoms with Crippen LogP contribution in [0.4, 0.5) is 14.6 Å². The van der Waals surface area contributed by atoms with Gasteiger partial charge in [-0.05, 0) is 55.3 Å². The summed E-state index contributed by atoms with van der Waals surface area (Å²) in [6.07, 6.45) is 0.842. The molecule has 1 aromatic heterocycles. The number of rotatable bonds is 5. The maximum atomic E-state index is 14.5. The minimum absolute atomic E-state index is 0.0968. The third-order valence-electron chi connectivity index (χ3n) is 5.24. The van der Waals surface area contributed by atoms with Crippen molar-refractivity contribution in [3.63, 3.8) is 0 Å². The van der Waals surface area contributed by atoms with Crippen LogP contribution in [0.1, 0.15) is 18.9 Å². The minimum atomic E-state index is -0.874. The van der Waals surface area contributed by atoms with Gasteiger partial charge in [0.2, 0.25) is 5.88 Å². The smallest absolute Gasteiger partial charge is 0.352 e. The molecule has 1 unspecified atom stereocenters. The summed E-state index contributed by atoms with van der Waals surface area (Å²) in [6.45, 7) is 2.48. The summed E-state index contributed by atoms with van der Waals surface area (Å²) in [6, 6.07) is 10.3. The first-order valence-electron chi connectivity index (χ1n) is 9.70. The van der Waals surface area contributed by atoms with Crippen molar-refractivity contribution in [2.75, 3.05) is 11.9 Å². The standard InChI is InChI=1S/C22H20ClF2N3O3/c1-13-7-8-28-20(27(13)2)11-19(26-22(28)29)30-12-14-9-17(24)21(18(25)10-14)31-16-5-3-15(23)4-6-16/h3-6,9-11,13H,7-8,12H2,1-2H3. The molecular weight excluding hydrogens is 428 g/mol. The third kappa shape index (κ3) is 4.49. The molecule has 1 aliphatic heterocycles. The number of ether oxygens (including phenoxy) is 2. The molecule has 0 amide bonds. The predicted octanol–water partition coefficient (Wildman–Crippen LogP) is 4.77. The Labute approximate surface area is 182 Å². The number of anilines is 1. The summed E-state index contributed by atoms with van der Waals surface area (Å²) in [5.74, 6) is -1.23. The maximum absolute atomic E-state index is 14.5. The minimum Gasteiger partial charge on any atom is -0.473 e. The SMILES string of the molecule is CC1CCn2c(cc(OCc3cc(F)c(Oc4ccc(Cl)cc4)c(F)c3)nc2=O)N1C. The quantitative estimate of drug-likeness (QED) is 0.563. The first kappa shape index (κ1) is 21.1. The van der Waals surface area contributed by atoms with Crippen LogP contribution in [0.3, 0.4) is 0 Å². The van der Waals surface area contributed by atoms with Crippen LogP contribution >= 0.6 is 11.6 Å². The lowest BCUT2D eigenvalue weighted by Crippen LogP contribution is -2.41. The van der Waals surface area contributed by atoms with E-state index >= 15 is 0 Å². The Morgan fingerprint density at radius 3 is 2.52 bits per heavy atom. The fourth-order valence-corrected chi connectivity index (χ4v) is 3.48. The number of hydrogen-bond acceptors (Lipinski definition) is 5. The van der Waals surface area contributed by atoms with Crippen LogP contribution in [-0.2, 0) is 13.2 Å². The number of hydrogen-bond donors (Lipinski definition) is 0. The average molecular weight is 448 g/mol. The lowest BCUT2D eigenvalue weighted by Gasteiger charge is -2.34. The Hall–Kier alpha value is -3.13. The van der Waals surface area contributed by atoms with Crippen molar-refractivity contribution in [3.05, 3.63) is 75.2 Å². The van der Waals surface area contributed by atoms with Crippen LogP contribution in [0.25, 0.3) is 0 Å². The van der Waals surface area contributed by atoms with Crippen molar-refractivity contribution in [2.24, 2.45) is 0 Å². The molecule has 0 N–H and O–H groups in total. The zero-order valence-electron chi connectivity index (χ0n) is 16.9. The topological polar surface area (TPSA) is 56.6 Å². The first-order valence-corrected chi connectivity index (χ1v) is 10.1. The summed E-state index contributed by atoms with van der Waals surface area (Å²) >= 11 is 5.80. The van der Waals surface area contributed by atoms with Gasteiger partial charge in [-0.1, -0.05) is 11.6 Å². The van der Waals surface area contributed by atoms with E-state index in [4.69, 9.17) is 21.1 Å². The molecule has 0 radical (unpaired) electrons. The fraction of sp³-hybridized carbons (Fsp3) is 0.273. The monoisotopic (exact) mass is 447 g/mol. The van der Waals surface area contributed by atoms with Crippen LogP contribution < -0.4 is 20.1 Å². The van der Waals surface area contributed by atoms with Crippen LogP contribution in [0, 0.1) is 11.6 Å². The van der Waals surface area contributed by atoms with Gasteiger partial charge in [0.05, 0.1) is 0 Å². The third-order valence-corrected chi connectivity index (χ3v) is 5.49. The molecule has 3 aromatic rings. The van der Waals surface area contributed by atoms with Gasteiger partial charge in [0, 0.05) is 30.7 Å². The van der Waals surface area contributed by atoms with E-state index in [0.29, 0.717) is 17.4 Å². The Morgan fingerprint density at radius 2 is 1.84 bits per heavy atom. The Balaban J connectivity index is 1.51. The number of aromatic nitrogens is 2. The molecule has 9 heteroatoms. The molecule has 31 heavy (non-hydrogen) atoms. The van der Waals surface area contributed by atoms with Gasteiger partial charge in [-0.25, -0.2) is 13.6 Å². The maximum Gasteiger partial charge on any atom is 0.352 e. The highest BCUT2D eigenvalue weighted by Gasteiger charge is 2.22. The summed E-state index contributed by atoms with van der Waals surface area (Å²) < 4.78 is 41.4. The molecule has 6 nitrogen and oxygen atoms in total. The second-order valence-corrected chi connectivity index (χ2v) is 7.81. The average Bonchev–Trinajstić information content (AvgIpc) is 2.73. The molecule has 1 atom stereocenters. The van der Waals surface area contributed by atoms with Gasteiger partial charge < -0.3 is 14.4 Å². The Bertz CT molecular complexity index is 1140. The van der Waals surface area contributed by atoms with Crippen LogP contribution in [0.15, 0.2) is 47.3 Å². The van der Waals surface area contributed by atoms with Crippen molar-refractivity contribution < 1.29 is 18.3 Å². The van der Waals surface area contributed by atoms with Gasteiger partial charge in [0.15, 0.2) is 17.4 Å². The highest BCUT2D eigenvalue weighted by atomic mass is 35.5. The van der Waals surface area contributed by atoms with Crippen molar-refractivity contribution in [3.8, 4) is 17.4 Å². The van der Waals surface area contributed by atoms with E-state index in [1.165, 1.54) is 12.1 Å². The molecule has 0 saturated carbocycles. The van der Waals surface area contributed by atoms with E-state index in [9.17, 15) is 13.6 Å². The molecule has 2 heterocycles. The van der Waals surface area contributed by atoms with Crippen molar-refractivity contribution in [1.29, 1.82) is 0 Å². The summed E-state index contributed by atoms with van der Waals surface area (Å²) in [5.41, 5.74) is -0.185. The van der Waals surface area contributed by atoms with Gasteiger partial charge in [-0.15, -0.1) is 0 Å². The van der Waals surface area contributed by atoms with E-state index in [0.717, 1.165) is 18.6 Å². The van der Waals surface area contributed by atoms with Crippen LogP contribution in [0.2, 0.25) is 5.02 Å². The van der Waals surface area contributed by atoms with Gasteiger partial charge in [0.25, 0.3) is 0 Å². The molecule has 1 aliphatic rings. The van der Waals surface area contributed by atoms with E-state index in [-0.39, 0.29) is 29.8 Å². The molecule has 4 rings (SSSR count). The van der Waals surface area contributed by atoms with Crippen molar-refractivity contribution in [1.82, 2.24) is 9.55 Å². The number of halogens is 3. The van der Waals surface area contributed by atoms with Crippen molar-refractivity contribution in [2.45, 2.75) is 32.5 Å². The summed E-state index contributed by atoms with van der Waals surface area (Å²) in [4.78, 5) is 18.2. The second-order valence-electron chi connectivity index (χ2n) is 7.37. The number of nitrogens with zero attached hydrogens (tertiary/aromatic N) is 3. The molecule has 162 valence electrons. The van der Waals surface area contributed by atoms with E-state index < -0.39 is 23.1 Å². The van der Waals surface area contributed by atoms with Gasteiger partial charge in [-0.3, -0.25) is 4.57 Å². The lowest BCUT2D eigenvalue weighted by molar-refractivity contribution is 0.287. The van der Waals surface area contributed by atoms with Gasteiger partial charge in [-0.2, -0.15) is 4.98 Å². The largest absolute Gasteiger partial charge is 0.473 e. The van der Waals surface area contributed by atoms with Crippen molar-refractivity contribution >= 4 is 17.4 Å². The second kappa shape index (κ2) is 8.55. The molecule has 0 bridgehead atoms.